The van der Waals surface area contributed by atoms with Crippen LogP contribution in [0.4, 0.5) is 5.69 Å². The lowest BCUT2D eigenvalue weighted by atomic mass is 10.0. The second-order valence-electron chi connectivity index (χ2n) is 7.92. The maximum atomic E-state index is 12.9. The van der Waals surface area contributed by atoms with E-state index in [9.17, 15) is 9.59 Å². The molecule has 0 saturated carbocycles. The first-order valence-corrected chi connectivity index (χ1v) is 10.3. The molecule has 0 spiro atoms. The summed E-state index contributed by atoms with van der Waals surface area (Å²) in [5.41, 5.74) is 2.37. The van der Waals surface area contributed by atoms with Gasteiger partial charge in [-0.05, 0) is 37.3 Å². The molecule has 0 aromatic heterocycles. The zero-order valence-electron chi connectivity index (χ0n) is 16.1. The van der Waals surface area contributed by atoms with Gasteiger partial charge in [0.05, 0.1) is 13.1 Å². The van der Waals surface area contributed by atoms with Crippen LogP contribution in [-0.2, 0) is 16.0 Å². The average molecular weight is 370 g/mol. The van der Waals surface area contributed by atoms with Crippen molar-refractivity contribution in [3.8, 4) is 0 Å². The van der Waals surface area contributed by atoms with Gasteiger partial charge in [-0.2, -0.15) is 0 Å². The molecule has 6 nitrogen and oxygen atoms in total. The number of rotatable bonds is 4. The fraction of sp³-hybridized carbons (Fsp3) is 0.619. The Morgan fingerprint density at radius 3 is 2.07 bits per heavy atom. The van der Waals surface area contributed by atoms with E-state index in [0.717, 1.165) is 77.2 Å². The summed E-state index contributed by atoms with van der Waals surface area (Å²) in [6, 6.07) is 8.26. The summed E-state index contributed by atoms with van der Waals surface area (Å²) in [5, 5.41) is 0. The molecule has 0 radical (unpaired) electrons. The van der Waals surface area contributed by atoms with Gasteiger partial charge >= 0.3 is 0 Å². The van der Waals surface area contributed by atoms with Crippen molar-refractivity contribution in [2.75, 3.05) is 63.8 Å². The van der Waals surface area contributed by atoms with Crippen LogP contribution in [0.15, 0.2) is 24.3 Å². The Bertz CT molecular complexity index is 679. The van der Waals surface area contributed by atoms with E-state index in [2.05, 4.69) is 28.0 Å². The number of aryl methyl sites for hydroxylation is 1. The molecule has 0 aliphatic carbocycles. The molecule has 4 rings (SSSR count). The predicted molar refractivity (Wildman–Crippen MR) is 106 cm³/mol. The van der Waals surface area contributed by atoms with Crippen molar-refractivity contribution in [1.29, 1.82) is 0 Å². The second kappa shape index (κ2) is 8.40. The molecule has 2 fully saturated rings. The lowest BCUT2D eigenvalue weighted by Crippen LogP contribution is -2.52. The maximum Gasteiger partial charge on any atom is 0.241 e. The van der Waals surface area contributed by atoms with Crippen LogP contribution < -0.4 is 4.90 Å². The number of likely N-dealkylation sites (tertiary alicyclic amines) is 1. The predicted octanol–water partition coefficient (Wildman–Crippen LogP) is 1.21. The molecule has 3 heterocycles. The Hall–Kier alpha value is -1.92. The monoisotopic (exact) mass is 370 g/mol. The van der Waals surface area contributed by atoms with Crippen LogP contribution in [0, 0.1) is 0 Å². The number of anilines is 1. The SMILES string of the molecule is O=C(CN1CCN(CC(=O)N2CCCc3ccccc32)CC1)N1CCCC1. The summed E-state index contributed by atoms with van der Waals surface area (Å²) < 4.78 is 0. The number of nitrogens with zero attached hydrogens (tertiary/aromatic N) is 4. The molecular weight excluding hydrogens is 340 g/mol. The van der Waals surface area contributed by atoms with Crippen molar-refractivity contribution in [1.82, 2.24) is 14.7 Å². The van der Waals surface area contributed by atoms with E-state index >= 15 is 0 Å². The highest BCUT2D eigenvalue weighted by molar-refractivity contribution is 5.96. The molecule has 2 saturated heterocycles. The van der Waals surface area contributed by atoms with E-state index in [1.54, 1.807) is 0 Å². The van der Waals surface area contributed by atoms with Crippen molar-refractivity contribution in [3.63, 3.8) is 0 Å². The molecule has 0 N–H and O–H groups in total. The number of carbonyl (C=O) groups is 2. The van der Waals surface area contributed by atoms with Gasteiger partial charge in [-0.1, -0.05) is 18.2 Å². The first kappa shape index (κ1) is 18.4. The van der Waals surface area contributed by atoms with E-state index < -0.39 is 0 Å². The van der Waals surface area contributed by atoms with Crippen LogP contribution in [0.2, 0.25) is 0 Å². The second-order valence-corrected chi connectivity index (χ2v) is 7.92. The van der Waals surface area contributed by atoms with E-state index in [4.69, 9.17) is 0 Å². The van der Waals surface area contributed by atoms with E-state index in [1.165, 1.54) is 5.56 Å². The number of hydrogen-bond acceptors (Lipinski definition) is 4. The van der Waals surface area contributed by atoms with Crippen LogP contribution in [0.1, 0.15) is 24.8 Å². The summed E-state index contributed by atoms with van der Waals surface area (Å²) in [5.74, 6) is 0.464. The van der Waals surface area contributed by atoms with Crippen molar-refractivity contribution in [2.24, 2.45) is 0 Å². The Balaban J connectivity index is 1.26. The van der Waals surface area contributed by atoms with Crippen LogP contribution in [-0.4, -0.2) is 85.4 Å². The first-order valence-electron chi connectivity index (χ1n) is 10.3. The van der Waals surface area contributed by atoms with Crippen molar-refractivity contribution < 1.29 is 9.59 Å². The fourth-order valence-electron chi connectivity index (χ4n) is 4.43. The third-order valence-corrected chi connectivity index (χ3v) is 6.05. The molecular formula is C21H30N4O2. The molecule has 0 unspecified atom stereocenters. The number of para-hydroxylation sites is 1. The lowest BCUT2D eigenvalue weighted by Gasteiger charge is -2.36. The Morgan fingerprint density at radius 2 is 1.37 bits per heavy atom. The molecule has 0 bridgehead atoms. The quantitative estimate of drug-likeness (QED) is 0.799. The first-order chi connectivity index (χ1) is 13.2. The molecule has 27 heavy (non-hydrogen) atoms. The van der Waals surface area contributed by atoms with Gasteiger partial charge < -0.3 is 9.80 Å². The van der Waals surface area contributed by atoms with Gasteiger partial charge in [0.1, 0.15) is 0 Å². The highest BCUT2D eigenvalue weighted by Gasteiger charge is 2.27. The molecule has 3 aliphatic rings. The molecule has 6 heteroatoms. The maximum absolute atomic E-state index is 12.9. The number of hydrogen-bond donors (Lipinski definition) is 0. The highest BCUT2D eigenvalue weighted by Crippen LogP contribution is 2.26. The largest absolute Gasteiger partial charge is 0.342 e. The van der Waals surface area contributed by atoms with Gasteiger partial charge in [-0.25, -0.2) is 0 Å². The van der Waals surface area contributed by atoms with Crippen LogP contribution in [0.3, 0.4) is 0 Å². The number of benzene rings is 1. The fourth-order valence-corrected chi connectivity index (χ4v) is 4.43. The van der Waals surface area contributed by atoms with Gasteiger partial charge in [-0.3, -0.25) is 19.4 Å². The van der Waals surface area contributed by atoms with Gasteiger partial charge in [0, 0.05) is 51.5 Å². The lowest BCUT2D eigenvalue weighted by molar-refractivity contribution is -0.132. The minimum absolute atomic E-state index is 0.198. The van der Waals surface area contributed by atoms with E-state index in [1.807, 2.05) is 15.9 Å². The smallest absolute Gasteiger partial charge is 0.241 e. The van der Waals surface area contributed by atoms with E-state index in [-0.39, 0.29) is 11.8 Å². The van der Waals surface area contributed by atoms with Crippen LogP contribution in [0.25, 0.3) is 0 Å². The minimum Gasteiger partial charge on any atom is -0.342 e. The summed E-state index contributed by atoms with van der Waals surface area (Å²) in [4.78, 5) is 33.6. The summed E-state index contributed by atoms with van der Waals surface area (Å²) >= 11 is 0. The van der Waals surface area contributed by atoms with Crippen LogP contribution >= 0.6 is 0 Å². The molecule has 2 amide bonds. The van der Waals surface area contributed by atoms with Gasteiger partial charge in [0.15, 0.2) is 0 Å². The Kier molecular flexibility index (Phi) is 5.74. The Labute approximate surface area is 161 Å². The zero-order chi connectivity index (χ0) is 18.6. The summed E-state index contributed by atoms with van der Waals surface area (Å²) in [7, 11) is 0. The minimum atomic E-state index is 0.198. The number of fused-ring (bicyclic) bond motifs is 1. The number of carbonyl (C=O) groups excluding carboxylic acids is 2. The molecule has 1 aromatic rings. The number of amides is 2. The normalized spacial score (nSPS) is 21.3. The van der Waals surface area contributed by atoms with E-state index in [0.29, 0.717) is 13.1 Å². The standard InChI is InChI=1S/C21H30N4O2/c26-20(24-9-3-4-10-24)16-22-12-14-23(15-13-22)17-21(27)25-11-5-7-18-6-1-2-8-19(18)25/h1-2,6,8H,3-5,7,9-17H2. The topological polar surface area (TPSA) is 47.1 Å². The Morgan fingerprint density at radius 1 is 0.741 bits per heavy atom. The zero-order valence-corrected chi connectivity index (χ0v) is 16.1. The molecule has 146 valence electrons. The van der Waals surface area contributed by atoms with Crippen LogP contribution in [0.5, 0.6) is 0 Å². The highest BCUT2D eigenvalue weighted by atomic mass is 16.2. The summed E-state index contributed by atoms with van der Waals surface area (Å²) in [6.07, 6.45) is 4.38. The van der Waals surface area contributed by atoms with Gasteiger partial charge in [0.25, 0.3) is 0 Å². The van der Waals surface area contributed by atoms with Crippen molar-refractivity contribution >= 4 is 17.5 Å². The van der Waals surface area contributed by atoms with Gasteiger partial charge in [0.2, 0.25) is 11.8 Å². The van der Waals surface area contributed by atoms with Crippen molar-refractivity contribution in [3.05, 3.63) is 29.8 Å². The van der Waals surface area contributed by atoms with Crippen molar-refractivity contribution in [2.45, 2.75) is 25.7 Å². The molecule has 3 aliphatic heterocycles. The number of piperazine rings is 1. The third kappa shape index (κ3) is 4.33. The average Bonchev–Trinajstić information content (AvgIpc) is 3.24. The third-order valence-electron chi connectivity index (χ3n) is 6.05. The molecule has 1 aromatic carbocycles. The molecule has 0 atom stereocenters. The summed E-state index contributed by atoms with van der Waals surface area (Å²) in [6.45, 7) is 7.11. The van der Waals surface area contributed by atoms with Gasteiger partial charge in [-0.15, -0.1) is 0 Å².